The smallest absolute Gasteiger partial charge is 0.116 e. The molecule has 1 unspecified atom stereocenters. The Morgan fingerprint density at radius 1 is 1.36 bits per heavy atom. The molecule has 0 aliphatic carbocycles. The van der Waals surface area contributed by atoms with Gasteiger partial charge in [-0.25, -0.2) is 0 Å². The Balaban J connectivity index is 2.40. The van der Waals surface area contributed by atoms with Crippen molar-refractivity contribution in [2.75, 3.05) is 6.54 Å². The third-order valence-corrected chi connectivity index (χ3v) is 3.07. The summed E-state index contributed by atoms with van der Waals surface area (Å²) in [5.41, 5.74) is 2.38. The molecule has 1 fully saturated rings. The molecule has 1 atom stereocenters. The second-order valence-corrected chi connectivity index (χ2v) is 4.42. The Hall–Kier alpha value is -1.02. The molecule has 0 aromatic heterocycles. The molecule has 2 N–H and O–H groups in total. The minimum atomic E-state index is 0.0590. The minimum Gasteiger partial charge on any atom is -0.508 e. The molecule has 1 aliphatic heterocycles. The third kappa shape index (κ3) is 1.62. The van der Waals surface area contributed by atoms with Crippen LogP contribution in [-0.2, 0) is 5.54 Å². The van der Waals surface area contributed by atoms with Gasteiger partial charge in [-0.2, -0.15) is 0 Å². The van der Waals surface area contributed by atoms with Crippen molar-refractivity contribution < 1.29 is 5.11 Å². The second kappa shape index (κ2) is 3.28. The zero-order valence-corrected chi connectivity index (χ0v) is 8.80. The van der Waals surface area contributed by atoms with Crippen molar-refractivity contribution in [3.05, 3.63) is 29.3 Å². The first-order chi connectivity index (χ1) is 6.60. The lowest BCUT2D eigenvalue weighted by Gasteiger charge is -2.25. The quantitative estimate of drug-likeness (QED) is 0.714. The zero-order valence-electron chi connectivity index (χ0n) is 8.80. The van der Waals surface area contributed by atoms with E-state index in [2.05, 4.69) is 18.3 Å². The highest BCUT2D eigenvalue weighted by Gasteiger charge is 2.30. The fourth-order valence-electron chi connectivity index (χ4n) is 2.22. The first-order valence-electron chi connectivity index (χ1n) is 5.16. The molecule has 0 saturated carbocycles. The molecule has 1 saturated heterocycles. The third-order valence-electron chi connectivity index (χ3n) is 3.07. The summed E-state index contributed by atoms with van der Waals surface area (Å²) in [4.78, 5) is 0. The fraction of sp³-hybridized carbons (Fsp3) is 0.500. The Morgan fingerprint density at radius 3 is 2.71 bits per heavy atom. The van der Waals surface area contributed by atoms with Gasteiger partial charge >= 0.3 is 0 Å². The largest absolute Gasteiger partial charge is 0.508 e. The standard InChI is InChI=1S/C12H17NO/c1-9-6-10(8-11(14)7-9)12(2)4-3-5-13-12/h6-8,13-14H,3-5H2,1-2H3. The van der Waals surface area contributed by atoms with Gasteiger partial charge in [-0.05, 0) is 56.5 Å². The van der Waals surface area contributed by atoms with Crippen LogP contribution in [0.25, 0.3) is 0 Å². The van der Waals surface area contributed by atoms with Crippen LogP contribution in [0, 0.1) is 6.92 Å². The van der Waals surface area contributed by atoms with Gasteiger partial charge in [0, 0.05) is 5.54 Å². The summed E-state index contributed by atoms with van der Waals surface area (Å²) in [6.45, 7) is 5.29. The van der Waals surface area contributed by atoms with Gasteiger partial charge in [-0.3, -0.25) is 0 Å². The minimum absolute atomic E-state index is 0.0590. The van der Waals surface area contributed by atoms with E-state index in [0.29, 0.717) is 5.75 Å². The van der Waals surface area contributed by atoms with Gasteiger partial charge < -0.3 is 10.4 Å². The van der Waals surface area contributed by atoms with E-state index in [4.69, 9.17) is 0 Å². The first-order valence-corrected chi connectivity index (χ1v) is 5.16. The molecule has 0 amide bonds. The maximum Gasteiger partial charge on any atom is 0.116 e. The fourth-order valence-corrected chi connectivity index (χ4v) is 2.22. The van der Waals surface area contributed by atoms with Crippen LogP contribution in [0.3, 0.4) is 0 Å². The van der Waals surface area contributed by atoms with Crippen LogP contribution in [-0.4, -0.2) is 11.7 Å². The summed E-state index contributed by atoms with van der Waals surface area (Å²) < 4.78 is 0. The molecule has 1 aromatic carbocycles. The number of phenolic OH excluding ortho intramolecular Hbond substituents is 1. The van der Waals surface area contributed by atoms with Crippen LogP contribution < -0.4 is 5.32 Å². The number of benzene rings is 1. The van der Waals surface area contributed by atoms with Gasteiger partial charge in [0.1, 0.15) is 5.75 Å². The van der Waals surface area contributed by atoms with E-state index in [-0.39, 0.29) is 5.54 Å². The molecule has 0 spiro atoms. The lowest BCUT2D eigenvalue weighted by Crippen LogP contribution is -2.33. The van der Waals surface area contributed by atoms with Crippen LogP contribution in [0.2, 0.25) is 0 Å². The Labute approximate surface area is 85.0 Å². The molecule has 0 radical (unpaired) electrons. The van der Waals surface area contributed by atoms with Crippen molar-refractivity contribution >= 4 is 0 Å². The highest BCUT2D eigenvalue weighted by atomic mass is 16.3. The molecular formula is C12H17NO. The Bertz CT molecular complexity index is 320. The maximum atomic E-state index is 9.54. The molecule has 2 nitrogen and oxygen atoms in total. The van der Waals surface area contributed by atoms with Crippen LogP contribution in [0.4, 0.5) is 0 Å². The molecule has 1 heterocycles. The van der Waals surface area contributed by atoms with Crippen LogP contribution in [0.1, 0.15) is 30.9 Å². The van der Waals surface area contributed by atoms with Gasteiger partial charge in [0.15, 0.2) is 0 Å². The SMILES string of the molecule is Cc1cc(O)cc(C2(C)CCCN2)c1. The van der Waals surface area contributed by atoms with Gasteiger partial charge in [0.2, 0.25) is 0 Å². The average Bonchev–Trinajstić information content (AvgIpc) is 2.52. The zero-order chi connectivity index (χ0) is 10.2. The molecular weight excluding hydrogens is 174 g/mol. The van der Waals surface area contributed by atoms with Gasteiger partial charge in [-0.1, -0.05) is 6.07 Å². The molecule has 1 aromatic rings. The van der Waals surface area contributed by atoms with E-state index in [9.17, 15) is 5.11 Å². The van der Waals surface area contributed by atoms with E-state index in [1.165, 1.54) is 12.0 Å². The second-order valence-electron chi connectivity index (χ2n) is 4.42. The van der Waals surface area contributed by atoms with Gasteiger partial charge in [-0.15, -0.1) is 0 Å². The first kappa shape index (κ1) is 9.53. The van der Waals surface area contributed by atoms with E-state index < -0.39 is 0 Å². The maximum absolute atomic E-state index is 9.54. The number of hydrogen-bond acceptors (Lipinski definition) is 2. The number of nitrogens with one attached hydrogen (secondary N) is 1. The van der Waals surface area contributed by atoms with Crippen molar-refractivity contribution in [3.63, 3.8) is 0 Å². The summed E-state index contributed by atoms with van der Waals surface area (Å²) >= 11 is 0. The van der Waals surface area contributed by atoms with E-state index >= 15 is 0 Å². The van der Waals surface area contributed by atoms with Crippen LogP contribution >= 0.6 is 0 Å². The van der Waals surface area contributed by atoms with Crippen LogP contribution in [0.15, 0.2) is 18.2 Å². The van der Waals surface area contributed by atoms with Crippen molar-refractivity contribution in [1.29, 1.82) is 0 Å². The van der Waals surface area contributed by atoms with Gasteiger partial charge in [0.25, 0.3) is 0 Å². The number of phenols is 1. The monoisotopic (exact) mass is 191 g/mol. The van der Waals surface area contributed by atoms with Crippen molar-refractivity contribution in [2.24, 2.45) is 0 Å². The van der Waals surface area contributed by atoms with Gasteiger partial charge in [0.05, 0.1) is 0 Å². The number of aryl methyl sites for hydroxylation is 1. The lowest BCUT2D eigenvalue weighted by atomic mass is 9.89. The van der Waals surface area contributed by atoms with Crippen molar-refractivity contribution in [3.8, 4) is 5.75 Å². The predicted molar refractivity (Wildman–Crippen MR) is 57.4 cm³/mol. The highest BCUT2D eigenvalue weighted by Crippen LogP contribution is 2.32. The number of hydrogen-bond donors (Lipinski definition) is 2. The summed E-state index contributed by atoms with van der Waals surface area (Å²) in [6, 6.07) is 5.81. The van der Waals surface area contributed by atoms with E-state index in [0.717, 1.165) is 18.5 Å². The molecule has 1 aliphatic rings. The summed E-state index contributed by atoms with van der Waals surface area (Å²) in [5.74, 6) is 0.370. The van der Waals surface area contributed by atoms with Crippen LogP contribution in [0.5, 0.6) is 5.75 Å². The summed E-state index contributed by atoms with van der Waals surface area (Å²) in [6.07, 6.45) is 2.36. The number of rotatable bonds is 1. The normalized spacial score (nSPS) is 26.7. The summed E-state index contributed by atoms with van der Waals surface area (Å²) in [5, 5.41) is 13.0. The molecule has 2 rings (SSSR count). The van der Waals surface area contributed by atoms with E-state index in [1.807, 2.05) is 13.0 Å². The van der Waals surface area contributed by atoms with Crippen molar-refractivity contribution in [1.82, 2.24) is 5.32 Å². The van der Waals surface area contributed by atoms with E-state index in [1.54, 1.807) is 6.07 Å². The van der Waals surface area contributed by atoms with Crippen molar-refractivity contribution in [2.45, 2.75) is 32.2 Å². The predicted octanol–water partition coefficient (Wildman–Crippen LogP) is 2.30. The Morgan fingerprint density at radius 2 is 2.14 bits per heavy atom. The topological polar surface area (TPSA) is 32.3 Å². The molecule has 14 heavy (non-hydrogen) atoms. The number of aromatic hydroxyl groups is 1. The lowest BCUT2D eigenvalue weighted by molar-refractivity contribution is 0.426. The average molecular weight is 191 g/mol. The molecule has 0 bridgehead atoms. The molecule has 2 heteroatoms. The summed E-state index contributed by atoms with van der Waals surface area (Å²) in [7, 11) is 0. The Kier molecular flexibility index (Phi) is 2.23. The molecule has 76 valence electrons. The highest BCUT2D eigenvalue weighted by molar-refractivity contribution is 5.37.